The van der Waals surface area contributed by atoms with Crippen LogP contribution >= 0.6 is 0 Å². The molecule has 20 heavy (non-hydrogen) atoms. The molecule has 0 fully saturated rings. The van der Waals surface area contributed by atoms with E-state index in [-0.39, 0.29) is 0 Å². The fourth-order valence-corrected chi connectivity index (χ4v) is 3.72. The van der Waals surface area contributed by atoms with Crippen LogP contribution in [0.25, 0.3) is 0 Å². The first kappa shape index (κ1) is 13.4. The zero-order valence-electron chi connectivity index (χ0n) is 11.2. The predicted molar refractivity (Wildman–Crippen MR) is 78.2 cm³/mol. The highest BCUT2D eigenvalue weighted by molar-refractivity contribution is 7.89. The van der Waals surface area contributed by atoms with Gasteiger partial charge in [-0.1, -0.05) is 6.07 Å². The van der Waals surface area contributed by atoms with E-state index in [1.165, 1.54) is 11.1 Å². The van der Waals surface area contributed by atoms with Crippen molar-refractivity contribution in [1.82, 2.24) is 9.71 Å². The van der Waals surface area contributed by atoms with Gasteiger partial charge in [-0.3, -0.25) is 0 Å². The molecular formula is C15H18N2O2S. The molecule has 0 atom stereocenters. The maximum absolute atomic E-state index is 12.2. The van der Waals surface area contributed by atoms with Crippen molar-refractivity contribution in [3.05, 3.63) is 53.3 Å². The molecule has 0 amide bonds. The molecule has 0 saturated carbocycles. The zero-order valence-corrected chi connectivity index (χ0v) is 12.0. The highest BCUT2D eigenvalue weighted by Gasteiger charge is 2.17. The van der Waals surface area contributed by atoms with Gasteiger partial charge in [0.1, 0.15) is 0 Å². The van der Waals surface area contributed by atoms with E-state index < -0.39 is 10.0 Å². The molecule has 1 aliphatic carbocycles. The van der Waals surface area contributed by atoms with Gasteiger partial charge in [0.2, 0.25) is 10.0 Å². The van der Waals surface area contributed by atoms with Gasteiger partial charge < -0.3 is 4.98 Å². The van der Waals surface area contributed by atoms with Crippen LogP contribution in [0.2, 0.25) is 0 Å². The Hall–Kier alpha value is -1.59. The zero-order chi connectivity index (χ0) is 14.0. The summed E-state index contributed by atoms with van der Waals surface area (Å²) in [6.07, 6.45) is 7.58. The van der Waals surface area contributed by atoms with Crippen molar-refractivity contribution in [3.8, 4) is 0 Å². The molecule has 2 N–H and O–H groups in total. The van der Waals surface area contributed by atoms with Gasteiger partial charge in [-0.05, 0) is 60.6 Å². The van der Waals surface area contributed by atoms with Crippen LogP contribution in [-0.4, -0.2) is 19.9 Å². The van der Waals surface area contributed by atoms with Gasteiger partial charge in [0.05, 0.1) is 4.90 Å². The first-order valence-corrected chi connectivity index (χ1v) is 8.37. The van der Waals surface area contributed by atoms with Gasteiger partial charge in [-0.15, -0.1) is 0 Å². The Morgan fingerprint density at radius 1 is 1.15 bits per heavy atom. The van der Waals surface area contributed by atoms with Crippen molar-refractivity contribution in [2.24, 2.45) is 0 Å². The molecule has 0 spiro atoms. The van der Waals surface area contributed by atoms with E-state index in [0.717, 1.165) is 24.8 Å². The summed E-state index contributed by atoms with van der Waals surface area (Å²) in [6.45, 7) is 0.414. The van der Waals surface area contributed by atoms with Crippen LogP contribution in [0.4, 0.5) is 0 Å². The smallest absolute Gasteiger partial charge is 0.240 e. The number of aryl methyl sites for hydroxylation is 2. The molecule has 0 aliphatic heterocycles. The molecule has 1 aromatic carbocycles. The summed E-state index contributed by atoms with van der Waals surface area (Å²) in [5.74, 6) is 0. The number of aromatic amines is 1. The topological polar surface area (TPSA) is 62.0 Å². The number of nitrogens with one attached hydrogen (secondary N) is 2. The molecule has 0 unspecified atom stereocenters. The first-order chi connectivity index (χ1) is 9.65. The Morgan fingerprint density at radius 2 is 2.00 bits per heavy atom. The highest BCUT2D eigenvalue weighted by atomic mass is 32.2. The summed E-state index contributed by atoms with van der Waals surface area (Å²) in [5.41, 5.74) is 3.57. The van der Waals surface area contributed by atoms with Gasteiger partial charge in [0.15, 0.2) is 0 Å². The van der Waals surface area contributed by atoms with Crippen LogP contribution in [0.15, 0.2) is 41.6 Å². The lowest BCUT2D eigenvalue weighted by Gasteiger charge is -2.08. The second-order valence-corrected chi connectivity index (χ2v) is 6.92. The molecule has 4 nitrogen and oxygen atoms in total. The van der Waals surface area contributed by atoms with E-state index in [9.17, 15) is 8.42 Å². The third-order valence-corrected chi connectivity index (χ3v) is 5.21. The minimum absolute atomic E-state index is 0.382. The Morgan fingerprint density at radius 3 is 2.80 bits per heavy atom. The minimum Gasteiger partial charge on any atom is -0.367 e. The molecule has 3 rings (SSSR count). The molecule has 0 radical (unpaired) electrons. The fraction of sp³-hybridized carbons (Fsp3) is 0.333. The summed E-state index contributed by atoms with van der Waals surface area (Å²) in [5, 5.41) is 0. The van der Waals surface area contributed by atoms with E-state index >= 15 is 0 Å². The maximum atomic E-state index is 12.2. The average Bonchev–Trinajstić information content (AvgIpc) is 3.08. The maximum Gasteiger partial charge on any atom is 0.240 e. The van der Waals surface area contributed by atoms with Gasteiger partial charge in [-0.25, -0.2) is 13.1 Å². The fourth-order valence-electron chi connectivity index (χ4n) is 2.64. The average molecular weight is 290 g/mol. The standard InChI is InChI=1S/C15H18N2O2S/c18-20(19,17-9-7-12-6-8-16-11-12)15-5-4-13-2-1-3-14(13)10-15/h4-6,8,10-11,16-17H,1-3,7,9H2. The lowest BCUT2D eigenvalue weighted by molar-refractivity contribution is 0.581. The molecule has 1 aliphatic rings. The molecule has 2 aromatic rings. The van der Waals surface area contributed by atoms with Crippen molar-refractivity contribution in [1.29, 1.82) is 0 Å². The SMILES string of the molecule is O=S(=O)(NCCc1cc[nH]c1)c1ccc2c(c1)CCC2. The third-order valence-electron chi connectivity index (χ3n) is 3.75. The van der Waals surface area contributed by atoms with Gasteiger partial charge in [0, 0.05) is 18.9 Å². The predicted octanol–water partition coefficient (Wildman–Crippen LogP) is 2.02. The van der Waals surface area contributed by atoms with Crippen molar-refractivity contribution in [2.75, 3.05) is 6.54 Å². The molecule has 106 valence electrons. The van der Waals surface area contributed by atoms with Crippen LogP contribution in [0.5, 0.6) is 0 Å². The second-order valence-electron chi connectivity index (χ2n) is 5.15. The Balaban J connectivity index is 1.68. The number of benzene rings is 1. The summed E-state index contributed by atoms with van der Waals surface area (Å²) >= 11 is 0. The highest BCUT2D eigenvalue weighted by Crippen LogP contribution is 2.24. The van der Waals surface area contributed by atoms with Crippen molar-refractivity contribution in [2.45, 2.75) is 30.6 Å². The number of sulfonamides is 1. The summed E-state index contributed by atoms with van der Waals surface area (Å²) < 4.78 is 27.1. The Labute approximate surface area is 119 Å². The number of hydrogen-bond acceptors (Lipinski definition) is 2. The van der Waals surface area contributed by atoms with Crippen molar-refractivity contribution < 1.29 is 8.42 Å². The normalized spacial score (nSPS) is 14.4. The molecule has 1 heterocycles. The number of hydrogen-bond donors (Lipinski definition) is 2. The Bertz CT molecular complexity index is 691. The largest absolute Gasteiger partial charge is 0.367 e. The molecular weight excluding hydrogens is 272 g/mol. The van der Waals surface area contributed by atoms with E-state index in [1.54, 1.807) is 6.07 Å². The number of fused-ring (bicyclic) bond motifs is 1. The third kappa shape index (κ3) is 2.78. The van der Waals surface area contributed by atoms with E-state index in [0.29, 0.717) is 17.9 Å². The summed E-state index contributed by atoms with van der Waals surface area (Å²) in [4.78, 5) is 3.34. The summed E-state index contributed by atoms with van der Waals surface area (Å²) in [7, 11) is -3.40. The lowest BCUT2D eigenvalue weighted by Crippen LogP contribution is -2.26. The van der Waals surface area contributed by atoms with Crippen LogP contribution in [0, 0.1) is 0 Å². The van der Waals surface area contributed by atoms with Crippen LogP contribution in [0.1, 0.15) is 23.1 Å². The van der Waals surface area contributed by atoms with E-state index in [1.807, 2.05) is 30.6 Å². The number of aromatic nitrogens is 1. The lowest BCUT2D eigenvalue weighted by atomic mass is 10.1. The van der Waals surface area contributed by atoms with Crippen molar-refractivity contribution >= 4 is 10.0 Å². The molecule has 0 bridgehead atoms. The summed E-state index contributed by atoms with van der Waals surface area (Å²) in [6, 6.07) is 7.43. The molecule has 5 heteroatoms. The second kappa shape index (κ2) is 5.42. The van der Waals surface area contributed by atoms with Crippen LogP contribution in [0.3, 0.4) is 0 Å². The van der Waals surface area contributed by atoms with Gasteiger partial charge >= 0.3 is 0 Å². The number of H-pyrrole nitrogens is 1. The van der Waals surface area contributed by atoms with Crippen molar-refractivity contribution in [3.63, 3.8) is 0 Å². The molecule has 0 saturated heterocycles. The van der Waals surface area contributed by atoms with E-state index in [4.69, 9.17) is 0 Å². The van der Waals surface area contributed by atoms with Gasteiger partial charge in [0.25, 0.3) is 0 Å². The Kier molecular flexibility index (Phi) is 3.63. The van der Waals surface area contributed by atoms with Crippen LogP contribution < -0.4 is 4.72 Å². The molecule has 1 aromatic heterocycles. The van der Waals surface area contributed by atoms with Crippen LogP contribution in [-0.2, 0) is 29.3 Å². The monoisotopic (exact) mass is 290 g/mol. The van der Waals surface area contributed by atoms with E-state index in [2.05, 4.69) is 9.71 Å². The minimum atomic E-state index is -3.40. The van der Waals surface area contributed by atoms with Gasteiger partial charge in [-0.2, -0.15) is 0 Å². The quantitative estimate of drug-likeness (QED) is 0.885. The number of rotatable bonds is 5. The first-order valence-electron chi connectivity index (χ1n) is 6.88.